The molecule has 1 aliphatic heterocycles. The number of hydrogen-bond donors (Lipinski definition) is 2. The highest BCUT2D eigenvalue weighted by molar-refractivity contribution is 7.88. The van der Waals surface area contributed by atoms with Crippen LogP contribution >= 0.6 is 0 Å². The van der Waals surface area contributed by atoms with E-state index in [1.54, 1.807) is 13.0 Å². The maximum atomic E-state index is 11.8. The Kier molecular flexibility index (Phi) is 5.53. The Morgan fingerprint density at radius 2 is 2.20 bits per heavy atom. The van der Waals surface area contributed by atoms with E-state index in [1.165, 1.54) is 0 Å². The molecular weight excluding hydrogens is 280 g/mol. The van der Waals surface area contributed by atoms with Gasteiger partial charge in [-0.05, 0) is 19.9 Å². The van der Waals surface area contributed by atoms with E-state index < -0.39 is 10.0 Å². The van der Waals surface area contributed by atoms with Crippen LogP contribution in [0.2, 0.25) is 0 Å². The molecular formula is C12H22N4O3S. The van der Waals surface area contributed by atoms with Crippen LogP contribution in [-0.2, 0) is 15.8 Å². The van der Waals surface area contributed by atoms with E-state index in [9.17, 15) is 8.42 Å². The van der Waals surface area contributed by atoms with E-state index in [0.717, 1.165) is 39.1 Å². The Hall–Kier alpha value is -0.960. The molecule has 1 aliphatic rings. The lowest BCUT2D eigenvalue weighted by molar-refractivity contribution is 0.239. The van der Waals surface area contributed by atoms with Crippen molar-refractivity contribution in [3.05, 3.63) is 17.5 Å². The van der Waals surface area contributed by atoms with Crippen LogP contribution in [0.15, 0.2) is 10.6 Å². The minimum Gasteiger partial charge on any atom is -0.361 e. The average molecular weight is 302 g/mol. The zero-order valence-corrected chi connectivity index (χ0v) is 12.6. The molecule has 0 saturated carbocycles. The van der Waals surface area contributed by atoms with Crippen LogP contribution in [0.4, 0.5) is 0 Å². The normalized spacial score (nSPS) is 17.4. The van der Waals surface area contributed by atoms with E-state index in [1.807, 2.05) is 0 Å². The van der Waals surface area contributed by atoms with Crippen molar-refractivity contribution >= 4 is 10.0 Å². The summed E-state index contributed by atoms with van der Waals surface area (Å²) >= 11 is 0. The Bertz CT molecular complexity index is 509. The van der Waals surface area contributed by atoms with Gasteiger partial charge in [-0.3, -0.25) is 0 Å². The number of nitrogens with zero attached hydrogens (tertiary/aromatic N) is 2. The smallest absolute Gasteiger partial charge is 0.217 e. The van der Waals surface area contributed by atoms with Crippen LogP contribution in [0, 0.1) is 6.92 Å². The summed E-state index contributed by atoms with van der Waals surface area (Å²) in [7, 11) is -3.33. The second-order valence-electron chi connectivity index (χ2n) is 5.03. The summed E-state index contributed by atoms with van der Waals surface area (Å²) in [5.74, 6) is 0.492. The number of aryl methyl sites for hydroxylation is 1. The van der Waals surface area contributed by atoms with Crippen LogP contribution in [0.25, 0.3) is 0 Å². The van der Waals surface area contributed by atoms with Crippen molar-refractivity contribution in [2.75, 3.05) is 39.3 Å². The fourth-order valence-electron chi connectivity index (χ4n) is 2.20. The third-order valence-electron chi connectivity index (χ3n) is 3.20. The molecule has 0 radical (unpaired) electrons. The maximum Gasteiger partial charge on any atom is 0.217 e. The second kappa shape index (κ2) is 7.16. The molecule has 1 fully saturated rings. The maximum absolute atomic E-state index is 11.8. The van der Waals surface area contributed by atoms with Crippen molar-refractivity contribution in [3.8, 4) is 0 Å². The molecule has 20 heavy (non-hydrogen) atoms. The Morgan fingerprint density at radius 1 is 1.45 bits per heavy atom. The molecule has 7 nitrogen and oxygen atoms in total. The van der Waals surface area contributed by atoms with Crippen molar-refractivity contribution in [2.24, 2.45) is 0 Å². The second-order valence-corrected chi connectivity index (χ2v) is 6.83. The zero-order chi connectivity index (χ0) is 14.4. The van der Waals surface area contributed by atoms with Crippen LogP contribution in [0.1, 0.15) is 17.9 Å². The van der Waals surface area contributed by atoms with Crippen LogP contribution < -0.4 is 10.0 Å². The summed E-state index contributed by atoms with van der Waals surface area (Å²) in [6.45, 7) is 7.21. The minimum absolute atomic E-state index is 0.127. The highest BCUT2D eigenvalue weighted by atomic mass is 32.2. The lowest BCUT2D eigenvalue weighted by atomic mass is 10.3. The standard InChI is InChI=1S/C12H22N4O3S/c1-11-9-12(15-19-11)10-20(17,18)14-3-2-6-16-7-4-13-5-8-16/h9,13-14H,2-8,10H2,1H3. The lowest BCUT2D eigenvalue weighted by Gasteiger charge is -2.27. The molecule has 1 saturated heterocycles. The summed E-state index contributed by atoms with van der Waals surface area (Å²) in [5, 5.41) is 6.98. The SMILES string of the molecule is Cc1cc(CS(=O)(=O)NCCCN2CCNCC2)no1. The number of piperazine rings is 1. The number of aromatic nitrogens is 1. The van der Waals surface area contributed by atoms with Gasteiger partial charge in [0.25, 0.3) is 0 Å². The molecule has 1 aromatic rings. The van der Waals surface area contributed by atoms with Gasteiger partial charge in [-0.15, -0.1) is 0 Å². The third kappa shape index (κ3) is 5.20. The molecule has 0 aliphatic carbocycles. The molecule has 8 heteroatoms. The van der Waals surface area contributed by atoms with Crippen LogP contribution in [0.5, 0.6) is 0 Å². The molecule has 0 spiro atoms. The van der Waals surface area contributed by atoms with E-state index >= 15 is 0 Å². The van der Waals surface area contributed by atoms with Crippen molar-refractivity contribution in [3.63, 3.8) is 0 Å². The summed E-state index contributed by atoms with van der Waals surface area (Å²) < 4.78 is 31.2. The van der Waals surface area contributed by atoms with Crippen molar-refractivity contribution < 1.29 is 12.9 Å². The average Bonchev–Trinajstić information content (AvgIpc) is 2.80. The summed E-state index contributed by atoms with van der Waals surface area (Å²) in [6.07, 6.45) is 0.817. The number of sulfonamides is 1. The van der Waals surface area contributed by atoms with E-state index in [2.05, 4.69) is 20.1 Å². The topological polar surface area (TPSA) is 87.5 Å². The van der Waals surface area contributed by atoms with Gasteiger partial charge in [0.2, 0.25) is 10.0 Å². The molecule has 2 rings (SSSR count). The molecule has 0 bridgehead atoms. The van der Waals surface area contributed by atoms with E-state index in [-0.39, 0.29) is 5.75 Å². The molecule has 0 atom stereocenters. The van der Waals surface area contributed by atoms with Gasteiger partial charge in [-0.25, -0.2) is 13.1 Å². The minimum atomic E-state index is -3.33. The first-order valence-corrected chi connectivity index (χ1v) is 8.53. The quantitative estimate of drug-likeness (QED) is 0.672. The van der Waals surface area contributed by atoms with Gasteiger partial charge >= 0.3 is 0 Å². The van der Waals surface area contributed by atoms with Gasteiger partial charge in [0.05, 0.1) is 0 Å². The lowest BCUT2D eigenvalue weighted by Crippen LogP contribution is -2.44. The molecule has 2 heterocycles. The van der Waals surface area contributed by atoms with Gasteiger partial charge in [0.15, 0.2) is 0 Å². The van der Waals surface area contributed by atoms with E-state index in [4.69, 9.17) is 4.52 Å². The Labute approximate surface area is 119 Å². The highest BCUT2D eigenvalue weighted by Crippen LogP contribution is 2.05. The third-order valence-corrected chi connectivity index (χ3v) is 4.52. The largest absolute Gasteiger partial charge is 0.361 e. The Balaban J connectivity index is 1.67. The van der Waals surface area contributed by atoms with E-state index in [0.29, 0.717) is 18.0 Å². The van der Waals surface area contributed by atoms with Crippen LogP contribution in [0.3, 0.4) is 0 Å². The molecule has 0 aromatic carbocycles. The van der Waals surface area contributed by atoms with Gasteiger partial charge in [0, 0.05) is 38.8 Å². The number of rotatable bonds is 7. The van der Waals surface area contributed by atoms with Gasteiger partial charge in [0.1, 0.15) is 17.2 Å². The predicted molar refractivity (Wildman–Crippen MR) is 75.8 cm³/mol. The fourth-order valence-corrected chi connectivity index (χ4v) is 3.28. The van der Waals surface area contributed by atoms with Gasteiger partial charge in [-0.1, -0.05) is 5.16 Å². The molecule has 0 amide bonds. The highest BCUT2D eigenvalue weighted by Gasteiger charge is 2.14. The van der Waals surface area contributed by atoms with Gasteiger partial charge < -0.3 is 14.7 Å². The molecule has 1 aromatic heterocycles. The first kappa shape index (κ1) is 15.4. The first-order valence-electron chi connectivity index (χ1n) is 6.88. The van der Waals surface area contributed by atoms with Crippen molar-refractivity contribution in [2.45, 2.75) is 19.1 Å². The molecule has 2 N–H and O–H groups in total. The zero-order valence-electron chi connectivity index (χ0n) is 11.8. The van der Waals surface area contributed by atoms with Crippen molar-refractivity contribution in [1.29, 1.82) is 0 Å². The van der Waals surface area contributed by atoms with Crippen LogP contribution in [-0.4, -0.2) is 57.7 Å². The summed E-state index contributed by atoms with van der Waals surface area (Å²) in [6, 6.07) is 1.64. The monoisotopic (exact) mass is 302 g/mol. The summed E-state index contributed by atoms with van der Waals surface area (Å²) in [5.41, 5.74) is 0.442. The fraction of sp³-hybridized carbons (Fsp3) is 0.750. The number of nitrogens with one attached hydrogen (secondary N) is 2. The van der Waals surface area contributed by atoms with Gasteiger partial charge in [-0.2, -0.15) is 0 Å². The molecule has 0 unspecified atom stereocenters. The predicted octanol–water partition coefficient (Wildman–Crippen LogP) is -0.302. The number of hydrogen-bond acceptors (Lipinski definition) is 6. The van der Waals surface area contributed by atoms with Crippen molar-refractivity contribution in [1.82, 2.24) is 20.1 Å². The molecule has 114 valence electrons. The summed E-state index contributed by atoms with van der Waals surface area (Å²) in [4.78, 5) is 2.34. The first-order chi connectivity index (χ1) is 9.55. The Morgan fingerprint density at radius 3 is 2.85 bits per heavy atom.